The van der Waals surface area contributed by atoms with Crippen LogP contribution in [0.2, 0.25) is 0 Å². The van der Waals surface area contributed by atoms with Crippen LogP contribution in [-0.4, -0.2) is 27.9 Å². The van der Waals surface area contributed by atoms with E-state index in [9.17, 15) is 0 Å². The summed E-state index contributed by atoms with van der Waals surface area (Å²) in [6, 6.07) is 63.2. The van der Waals surface area contributed by atoms with Gasteiger partial charge in [0.15, 0.2) is 0 Å². The highest BCUT2D eigenvalue weighted by molar-refractivity contribution is 6.14. The molecule has 0 bridgehead atoms. The summed E-state index contributed by atoms with van der Waals surface area (Å²) in [5, 5.41) is 7.11. The van der Waals surface area contributed by atoms with E-state index in [1.54, 1.807) is 14.2 Å². The average Bonchev–Trinajstić information content (AvgIpc) is 3.88. The lowest BCUT2D eigenvalue weighted by Crippen LogP contribution is -1.95. The largest absolute Gasteiger partial charge is 0.497 e. The van der Waals surface area contributed by atoms with E-state index in [-0.39, 0.29) is 0 Å². The molecule has 0 amide bonds. The van der Waals surface area contributed by atoms with E-state index < -0.39 is 0 Å². The summed E-state index contributed by atoms with van der Waals surface area (Å²) in [4.78, 5) is 0. The summed E-state index contributed by atoms with van der Waals surface area (Å²) in [6.07, 6.45) is 0. The van der Waals surface area contributed by atoms with Crippen LogP contribution in [-0.2, 0) is 0 Å². The number of hydrogen-bond donors (Lipinski definition) is 0. The number of methoxy groups -OCH3 is 2. The van der Waals surface area contributed by atoms with Crippen molar-refractivity contribution < 1.29 is 9.47 Å². The molecule has 3 aromatic heterocycles. The Morgan fingerprint density at radius 2 is 0.673 bits per heavy atom. The van der Waals surface area contributed by atoms with Gasteiger partial charge in [-0.2, -0.15) is 0 Å². The molecule has 0 aliphatic heterocycles. The number of hydrogen-bond acceptors (Lipinski definition) is 2. The lowest BCUT2D eigenvalue weighted by Gasteiger charge is -2.11. The molecular weight excluding hydrogens is 675 g/mol. The Labute approximate surface area is 317 Å². The number of nitrogens with zero attached hydrogens (tertiary/aromatic N) is 3. The number of benzene rings is 8. The molecule has 0 fully saturated rings. The normalized spacial score (nSPS) is 11.8. The molecule has 11 rings (SSSR count). The summed E-state index contributed by atoms with van der Waals surface area (Å²) in [7, 11) is 3.46. The van der Waals surface area contributed by atoms with Crippen molar-refractivity contribution in [2.45, 2.75) is 0 Å². The van der Waals surface area contributed by atoms with Crippen LogP contribution < -0.4 is 9.47 Å². The van der Waals surface area contributed by atoms with Crippen molar-refractivity contribution in [1.82, 2.24) is 13.7 Å². The minimum absolute atomic E-state index is 0.836. The maximum atomic E-state index is 5.77. The topological polar surface area (TPSA) is 33.2 Å². The van der Waals surface area contributed by atoms with E-state index in [1.807, 2.05) is 6.07 Å². The molecule has 0 unspecified atom stereocenters. The lowest BCUT2D eigenvalue weighted by atomic mass is 10.0. The van der Waals surface area contributed by atoms with Gasteiger partial charge in [-0.15, -0.1) is 0 Å². The zero-order valence-corrected chi connectivity index (χ0v) is 30.4. The monoisotopic (exact) mass is 709 g/mol. The molecule has 0 aliphatic carbocycles. The predicted molar refractivity (Wildman–Crippen MR) is 228 cm³/mol. The van der Waals surface area contributed by atoms with E-state index in [4.69, 9.17) is 9.47 Å². The molecule has 0 radical (unpaired) electrons. The second kappa shape index (κ2) is 12.2. The summed E-state index contributed by atoms with van der Waals surface area (Å²) in [5.41, 5.74) is 12.7. The summed E-state index contributed by atoms with van der Waals surface area (Å²) in [5.74, 6) is 1.68. The van der Waals surface area contributed by atoms with Crippen molar-refractivity contribution >= 4 is 65.4 Å². The van der Waals surface area contributed by atoms with E-state index in [2.05, 4.69) is 184 Å². The minimum atomic E-state index is 0.836. The van der Waals surface area contributed by atoms with Crippen molar-refractivity contribution in [2.24, 2.45) is 0 Å². The summed E-state index contributed by atoms with van der Waals surface area (Å²) in [6.45, 7) is 0. The maximum absolute atomic E-state index is 5.77. The van der Waals surface area contributed by atoms with Crippen molar-refractivity contribution in [3.05, 3.63) is 176 Å². The van der Waals surface area contributed by atoms with E-state index in [1.165, 1.54) is 32.6 Å². The van der Waals surface area contributed by atoms with E-state index in [0.717, 1.165) is 72.5 Å². The third-order valence-corrected chi connectivity index (χ3v) is 11.2. The van der Waals surface area contributed by atoms with Gasteiger partial charge in [0.1, 0.15) is 11.5 Å². The molecule has 0 atom stereocenters. The van der Waals surface area contributed by atoms with E-state index >= 15 is 0 Å². The maximum Gasteiger partial charge on any atom is 0.119 e. The summed E-state index contributed by atoms with van der Waals surface area (Å²) >= 11 is 0. The van der Waals surface area contributed by atoms with Crippen LogP contribution in [0.1, 0.15) is 0 Å². The number of rotatable bonds is 6. The molecule has 3 heterocycles. The fourth-order valence-corrected chi connectivity index (χ4v) is 8.71. The van der Waals surface area contributed by atoms with Gasteiger partial charge in [-0.25, -0.2) is 0 Å². The number of fused-ring (bicyclic) bond motifs is 9. The van der Waals surface area contributed by atoms with Gasteiger partial charge < -0.3 is 23.2 Å². The first-order valence-corrected chi connectivity index (χ1v) is 18.6. The van der Waals surface area contributed by atoms with Crippen LogP contribution >= 0.6 is 0 Å². The Bertz CT molecular complexity index is 3280. The van der Waals surface area contributed by atoms with Crippen LogP contribution in [0.15, 0.2) is 176 Å². The Balaban J connectivity index is 1.12. The van der Waals surface area contributed by atoms with Gasteiger partial charge in [0.2, 0.25) is 0 Å². The Hall–Kier alpha value is -7.24. The fraction of sp³-hybridized carbons (Fsp3) is 0.0400. The van der Waals surface area contributed by atoms with Gasteiger partial charge in [-0.3, -0.25) is 0 Å². The fourth-order valence-electron chi connectivity index (χ4n) is 8.71. The zero-order chi connectivity index (χ0) is 36.6. The average molecular weight is 710 g/mol. The Kier molecular flexibility index (Phi) is 6.92. The van der Waals surface area contributed by atoms with Gasteiger partial charge in [0.05, 0.1) is 47.3 Å². The smallest absolute Gasteiger partial charge is 0.119 e. The number of aromatic nitrogens is 3. The van der Waals surface area contributed by atoms with E-state index in [0.29, 0.717) is 0 Å². The highest BCUT2D eigenvalue weighted by atomic mass is 16.5. The summed E-state index contributed by atoms with van der Waals surface area (Å²) < 4.78 is 18.6. The number of ether oxygens (including phenoxy) is 2. The zero-order valence-electron chi connectivity index (χ0n) is 30.4. The van der Waals surface area contributed by atoms with Gasteiger partial charge >= 0.3 is 0 Å². The molecule has 262 valence electrons. The van der Waals surface area contributed by atoms with Crippen molar-refractivity contribution in [2.75, 3.05) is 14.2 Å². The molecule has 0 spiro atoms. The highest BCUT2D eigenvalue weighted by Crippen LogP contribution is 2.41. The SMILES string of the molecule is COc1ccc2c(c1)c1cc(-c3ccc4c(c3)c3cc(OC)ccc3n4-c3ccc4c(c3)c3ccccc3n4-c3ccccc3)ccc1n2-c1ccccc1. The second-order valence-electron chi connectivity index (χ2n) is 14.1. The van der Waals surface area contributed by atoms with Gasteiger partial charge in [0.25, 0.3) is 0 Å². The minimum Gasteiger partial charge on any atom is -0.497 e. The lowest BCUT2D eigenvalue weighted by molar-refractivity contribution is 0.415. The molecule has 0 N–H and O–H groups in total. The molecule has 11 aromatic rings. The molecule has 0 saturated carbocycles. The first-order valence-electron chi connectivity index (χ1n) is 18.6. The quantitative estimate of drug-likeness (QED) is 0.172. The van der Waals surface area contributed by atoms with Crippen LogP contribution in [0.4, 0.5) is 0 Å². The predicted octanol–water partition coefficient (Wildman–Crippen LogP) is 12.7. The van der Waals surface area contributed by atoms with Crippen LogP contribution in [0.3, 0.4) is 0 Å². The van der Waals surface area contributed by atoms with Crippen LogP contribution in [0.5, 0.6) is 11.5 Å². The standard InChI is InChI=1S/C50H35N3O2/c1-54-37-20-25-49-43(30-37)40-27-32(17-22-46(40)52(49)35-13-7-4-8-14-35)33-18-23-47-41(28-33)44-31-38(55-2)21-26-50(44)53(47)36-19-24-48-42(29-36)39-15-9-10-16-45(39)51(48)34-11-5-3-6-12-34/h3-31H,1-2H3. The molecule has 5 nitrogen and oxygen atoms in total. The molecular formula is C50H35N3O2. The molecule has 55 heavy (non-hydrogen) atoms. The van der Waals surface area contributed by atoms with Crippen LogP contribution in [0.25, 0.3) is 93.6 Å². The molecule has 0 aliphatic rings. The Morgan fingerprint density at radius 3 is 1.18 bits per heavy atom. The van der Waals surface area contributed by atoms with Crippen molar-refractivity contribution in [3.8, 4) is 39.7 Å². The molecule has 8 aromatic carbocycles. The first-order chi connectivity index (χ1) is 27.2. The number of para-hydroxylation sites is 3. The molecule has 5 heteroatoms. The van der Waals surface area contributed by atoms with Gasteiger partial charge in [-0.1, -0.05) is 66.7 Å². The highest BCUT2D eigenvalue weighted by Gasteiger charge is 2.19. The third kappa shape index (κ3) is 4.73. The van der Waals surface area contributed by atoms with Crippen molar-refractivity contribution in [1.29, 1.82) is 0 Å². The first kappa shape index (κ1) is 31.3. The van der Waals surface area contributed by atoms with Crippen LogP contribution in [0, 0.1) is 0 Å². The van der Waals surface area contributed by atoms with Gasteiger partial charge in [0, 0.05) is 49.4 Å². The molecule has 0 saturated heterocycles. The Morgan fingerprint density at radius 1 is 0.291 bits per heavy atom. The second-order valence-corrected chi connectivity index (χ2v) is 14.1. The van der Waals surface area contributed by atoms with Crippen molar-refractivity contribution in [3.63, 3.8) is 0 Å². The van der Waals surface area contributed by atoms with Gasteiger partial charge in [-0.05, 0) is 120 Å². The third-order valence-electron chi connectivity index (χ3n) is 11.2.